The maximum atomic E-state index is 12.4. The first-order chi connectivity index (χ1) is 16.1. The molecule has 2 aromatic carbocycles. The number of rotatable bonds is 13. The first kappa shape index (κ1) is 27.5. The number of aryl methyl sites for hydroxylation is 2. The maximum Gasteiger partial charge on any atom is 0.296 e. The average Bonchev–Trinajstić information content (AvgIpc) is 2.78. The van der Waals surface area contributed by atoms with Crippen molar-refractivity contribution in [3.63, 3.8) is 0 Å². The van der Waals surface area contributed by atoms with Crippen molar-refractivity contribution in [3.05, 3.63) is 59.7 Å². The molecule has 2 aromatic rings. The number of nitriles is 2. The van der Waals surface area contributed by atoms with Gasteiger partial charge in [-0.3, -0.25) is 8.37 Å². The molecule has 0 aliphatic heterocycles. The molecule has 10 heteroatoms. The third kappa shape index (κ3) is 8.23. The molecule has 2 atom stereocenters. The number of benzene rings is 2. The summed E-state index contributed by atoms with van der Waals surface area (Å²) in [4.78, 5) is 0.0800. The van der Waals surface area contributed by atoms with Crippen LogP contribution >= 0.6 is 0 Å². The molecule has 0 N–H and O–H groups in total. The first-order valence-corrected chi connectivity index (χ1v) is 13.6. The monoisotopic (exact) mass is 504 g/mol. The molecule has 0 bridgehead atoms. The molecule has 0 radical (unpaired) electrons. The lowest BCUT2D eigenvalue weighted by molar-refractivity contribution is 0.205. The first-order valence-electron chi connectivity index (χ1n) is 10.7. The van der Waals surface area contributed by atoms with E-state index in [1.807, 2.05) is 13.8 Å². The van der Waals surface area contributed by atoms with Crippen LogP contribution in [0.25, 0.3) is 0 Å². The molecule has 0 aliphatic carbocycles. The molecular formula is C24H28N2O6S2. The summed E-state index contributed by atoms with van der Waals surface area (Å²) < 4.78 is 59.8. The van der Waals surface area contributed by atoms with E-state index in [-0.39, 0.29) is 60.5 Å². The average molecular weight is 505 g/mol. The van der Waals surface area contributed by atoms with Crippen LogP contribution < -0.4 is 0 Å². The molecule has 0 heterocycles. The molecule has 0 amide bonds. The van der Waals surface area contributed by atoms with Gasteiger partial charge < -0.3 is 0 Å². The van der Waals surface area contributed by atoms with Gasteiger partial charge in [-0.2, -0.15) is 27.4 Å². The van der Waals surface area contributed by atoms with Gasteiger partial charge in [0.05, 0.1) is 35.1 Å². The van der Waals surface area contributed by atoms with Crippen LogP contribution in [-0.4, -0.2) is 30.0 Å². The zero-order chi connectivity index (χ0) is 25.2. The fourth-order valence-corrected chi connectivity index (χ4v) is 5.25. The summed E-state index contributed by atoms with van der Waals surface area (Å²) in [7, 11) is -7.90. The van der Waals surface area contributed by atoms with Crippen molar-refractivity contribution in [3.8, 4) is 12.1 Å². The van der Waals surface area contributed by atoms with Crippen molar-refractivity contribution < 1.29 is 25.2 Å². The highest BCUT2D eigenvalue weighted by Crippen LogP contribution is 2.27. The predicted octanol–water partition coefficient (Wildman–Crippen LogP) is 4.25. The second-order valence-corrected chi connectivity index (χ2v) is 11.2. The van der Waals surface area contributed by atoms with Crippen LogP contribution in [0.3, 0.4) is 0 Å². The molecule has 0 aliphatic rings. The van der Waals surface area contributed by atoms with E-state index in [0.717, 1.165) is 11.1 Å². The minimum atomic E-state index is -3.95. The lowest BCUT2D eigenvalue weighted by Crippen LogP contribution is -2.20. The molecule has 0 unspecified atom stereocenters. The highest BCUT2D eigenvalue weighted by molar-refractivity contribution is 7.87. The van der Waals surface area contributed by atoms with Crippen molar-refractivity contribution in [1.82, 2.24) is 0 Å². The van der Waals surface area contributed by atoms with Crippen LogP contribution in [-0.2, 0) is 28.6 Å². The third-order valence-electron chi connectivity index (χ3n) is 5.45. The lowest BCUT2D eigenvalue weighted by atomic mass is 9.83. The Morgan fingerprint density at radius 2 is 1.00 bits per heavy atom. The Morgan fingerprint density at radius 1 is 0.676 bits per heavy atom. The lowest BCUT2D eigenvalue weighted by Gasteiger charge is -2.23. The van der Waals surface area contributed by atoms with Gasteiger partial charge in [0, 0.05) is 12.8 Å². The summed E-state index contributed by atoms with van der Waals surface area (Å²) >= 11 is 0. The van der Waals surface area contributed by atoms with Gasteiger partial charge in [0.15, 0.2) is 0 Å². The zero-order valence-corrected chi connectivity index (χ0v) is 20.8. The van der Waals surface area contributed by atoms with Gasteiger partial charge in [-0.1, -0.05) is 35.4 Å². The quantitative estimate of drug-likeness (QED) is 0.369. The molecule has 34 heavy (non-hydrogen) atoms. The zero-order valence-electron chi connectivity index (χ0n) is 19.2. The Bertz CT molecular complexity index is 1130. The van der Waals surface area contributed by atoms with E-state index in [1.165, 1.54) is 24.3 Å². The van der Waals surface area contributed by atoms with Crippen LogP contribution in [0.2, 0.25) is 0 Å². The molecule has 182 valence electrons. The van der Waals surface area contributed by atoms with Gasteiger partial charge >= 0.3 is 0 Å². The SMILES string of the molecule is Cc1ccc(S(=O)(=O)OCC[C@H](CC#N)[C@@H](CC#N)CCOS(=O)(=O)c2ccc(C)cc2)cc1. The fraction of sp³-hybridized carbons (Fsp3) is 0.417. The summed E-state index contributed by atoms with van der Waals surface area (Å²) in [5, 5.41) is 18.4. The van der Waals surface area contributed by atoms with E-state index >= 15 is 0 Å². The van der Waals surface area contributed by atoms with Crippen LogP contribution in [0.4, 0.5) is 0 Å². The molecular weight excluding hydrogens is 476 g/mol. The van der Waals surface area contributed by atoms with E-state index in [1.54, 1.807) is 24.3 Å². The Morgan fingerprint density at radius 3 is 1.29 bits per heavy atom. The Labute approximate surface area is 202 Å². The summed E-state index contributed by atoms with van der Waals surface area (Å²) in [5.41, 5.74) is 1.83. The summed E-state index contributed by atoms with van der Waals surface area (Å²) in [6, 6.07) is 16.6. The van der Waals surface area contributed by atoms with E-state index < -0.39 is 20.2 Å². The van der Waals surface area contributed by atoms with Crippen molar-refractivity contribution in [1.29, 1.82) is 10.5 Å². The minimum absolute atomic E-state index is 0.0400. The van der Waals surface area contributed by atoms with Crippen LogP contribution in [0, 0.1) is 48.3 Å². The highest BCUT2D eigenvalue weighted by atomic mass is 32.2. The maximum absolute atomic E-state index is 12.4. The van der Waals surface area contributed by atoms with Crippen LogP contribution in [0.1, 0.15) is 36.8 Å². The third-order valence-corrected chi connectivity index (χ3v) is 8.10. The van der Waals surface area contributed by atoms with Gasteiger partial charge in [0.1, 0.15) is 0 Å². The Kier molecular flexibility index (Phi) is 10.2. The minimum Gasteiger partial charge on any atom is -0.266 e. The number of nitrogens with zero attached hydrogens (tertiary/aromatic N) is 2. The van der Waals surface area contributed by atoms with Crippen LogP contribution in [0.5, 0.6) is 0 Å². The molecule has 2 rings (SSSR count). The van der Waals surface area contributed by atoms with Gasteiger partial charge in [-0.15, -0.1) is 0 Å². The normalized spacial score (nSPS) is 13.5. The Hall–Kier alpha value is -2.76. The standard InChI is InChI=1S/C24H28N2O6S2/c1-19-3-7-23(8-4-19)33(27,28)31-17-13-21(11-15-25)22(12-16-26)14-18-32-34(29,30)24-9-5-20(2)6-10-24/h3-10,21-22H,11-14,17-18H2,1-2H3/t21-,22-/m0/s1. The number of hydrogen-bond donors (Lipinski definition) is 0. The van der Waals surface area contributed by atoms with E-state index in [2.05, 4.69) is 12.1 Å². The molecule has 0 aromatic heterocycles. The second kappa shape index (κ2) is 12.6. The Balaban J connectivity index is 1.98. The fourth-order valence-electron chi connectivity index (χ4n) is 3.41. The van der Waals surface area contributed by atoms with Crippen molar-refractivity contribution in [2.24, 2.45) is 11.8 Å². The summed E-state index contributed by atoms with van der Waals surface area (Å²) in [5.74, 6) is -0.716. The highest BCUT2D eigenvalue weighted by Gasteiger charge is 2.24. The van der Waals surface area contributed by atoms with Crippen molar-refractivity contribution in [2.45, 2.75) is 49.3 Å². The summed E-state index contributed by atoms with van der Waals surface area (Å²) in [6.07, 6.45) is 0.585. The molecule has 0 saturated carbocycles. The van der Waals surface area contributed by atoms with Crippen LogP contribution in [0.15, 0.2) is 58.3 Å². The van der Waals surface area contributed by atoms with E-state index in [9.17, 15) is 27.4 Å². The van der Waals surface area contributed by atoms with Crippen molar-refractivity contribution >= 4 is 20.2 Å². The second-order valence-electron chi connectivity index (χ2n) is 8.00. The van der Waals surface area contributed by atoms with Gasteiger partial charge in [0.25, 0.3) is 20.2 Å². The predicted molar refractivity (Wildman–Crippen MR) is 125 cm³/mol. The van der Waals surface area contributed by atoms with Gasteiger partial charge in [-0.25, -0.2) is 0 Å². The molecule has 0 fully saturated rings. The molecule has 8 nitrogen and oxygen atoms in total. The van der Waals surface area contributed by atoms with Gasteiger partial charge in [-0.05, 0) is 62.8 Å². The molecule has 0 saturated heterocycles. The smallest absolute Gasteiger partial charge is 0.266 e. The summed E-state index contributed by atoms with van der Waals surface area (Å²) in [6.45, 7) is 3.36. The van der Waals surface area contributed by atoms with E-state index in [4.69, 9.17) is 8.37 Å². The van der Waals surface area contributed by atoms with Gasteiger partial charge in [0.2, 0.25) is 0 Å². The van der Waals surface area contributed by atoms with Crippen molar-refractivity contribution in [2.75, 3.05) is 13.2 Å². The molecule has 0 spiro atoms. The largest absolute Gasteiger partial charge is 0.296 e. The van der Waals surface area contributed by atoms with E-state index in [0.29, 0.717) is 0 Å². The topological polar surface area (TPSA) is 134 Å². The number of hydrogen-bond acceptors (Lipinski definition) is 8.